The number of aromatic nitrogens is 2. The summed E-state index contributed by atoms with van der Waals surface area (Å²) in [5.41, 5.74) is 1.66. The summed E-state index contributed by atoms with van der Waals surface area (Å²) in [4.78, 5) is 29.6. The molecule has 142 valence electrons. The number of halogens is 1. The zero-order valence-corrected chi connectivity index (χ0v) is 17.5. The summed E-state index contributed by atoms with van der Waals surface area (Å²) < 4.78 is 7.88. The van der Waals surface area contributed by atoms with Gasteiger partial charge in [-0.05, 0) is 42.3 Å². The molecule has 0 aliphatic heterocycles. The molecule has 7 heteroatoms. The third-order valence-corrected chi connectivity index (χ3v) is 5.94. The SMILES string of the molecule is CCCn1c(SCc2cc(=O)oc3cc(Br)ccc23)nc2ccccc2c1=O. The molecule has 0 radical (unpaired) electrons. The second-order valence-corrected chi connectivity index (χ2v) is 8.25. The molecule has 0 aliphatic carbocycles. The number of thioether (sulfide) groups is 1. The fourth-order valence-electron chi connectivity index (χ4n) is 3.14. The zero-order valence-electron chi connectivity index (χ0n) is 15.1. The van der Waals surface area contributed by atoms with E-state index in [1.54, 1.807) is 16.7 Å². The molecule has 0 atom stereocenters. The first kappa shape index (κ1) is 19.0. The van der Waals surface area contributed by atoms with Crippen LogP contribution in [0.25, 0.3) is 21.9 Å². The Morgan fingerprint density at radius 1 is 1.11 bits per heavy atom. The van der Waals surface area contributed by atoms with Crippen LogP contribution in [0.4, 0.5) is 0 Å². The quantitative estimate of drug-likeness (QED) is 0.241. The van der Waals surface area contributed by atoms with Crippen molar-refractivity contribution in [2.75, 3.05) is 0 Å². The molecular weight excluding hydrogens is 440 g/mol. The molecule has 0 saturated heterocycles. The Morgan fingerprint density at radius 2 is 1.93 bits per heavy atom. The van der Waals surface area contributed by atoms with Crippen LogP contribution in [-0.4, -0.2) is 9.55 Å². The summed E-state index contributed by atoms with van der Waals surface area (Å²) in [5.74, 6) is 0.512. The van der Waals surface area contributed by atoms with Gasteiger partial charge in [0.25, 0.3) is 5.56 Å². The van der Waals surface area contributed by atoms with Crippen molar-refractivity contribution in [3.05, 3.63) is 79.3 Å². The van der Waals surface area contributed by atoms with Crippen LogP contribution in [0.1, 0.15) is 18.9 Å². The normalized spacial score (nSPS) is 11.4. The molecule has 2 aromatic heterocycles. The van der Waals surface area contributed by atoms with Crippen LogP contribution >= 0.6 is 27.7 Å². The molecular formula is C21H17BrN2O3S. The molecule has 0 unspecified atom stereocenters. The van der Waals surface area contributed by atoms with Crippen molar-refractivity contribution in [3.8, 4) is 0 Å². The number of nitrogens with zero attached hydrogens (tertiary/aromatic N) is 2. The van der Waals surface area contributed by atoms with E-state index in [1.807, 2.05) is 37.3 Å². The molecule has 0 N–H and O–H groups in total. The van der Waals surface area contributed by atoms with Gasteiger partial charge in [0.05, 0.1) is 10.9 Å². The van der Waals surface area contributed by atoms with Crippen molar-refractivity contribution in [2.24, 2.45) is 0 Å². The predicted molar refractivity (Wildman–Crippen MR) is 116 cm³/mol. The number of rotatable bonds is 5. The van der Waals surface area contributed by atoms with Gasteiger partial charge in [0.2, 0.25) is 0 Å². The maximum Gasteiger partial charge on any atom is 0.336 e. The van der Waals surface area contributed by atoms with Crippen LogP contribution in [-0.2, 0) is 12.3 Å². The van der Waals surface area contributed by atoms with Crippen LogP contribution in [0.5, 0.6) is 0 Å². The first-order valence-electron chi connectivity index (χ1n) is 8.91. The molecule has 4 aromatic rings. The average molecular weight is 457 g/mol. The van der Waals surface area contributed by atoms with E-state index in [-0.39, 0.29) is 5.56 Å². The van der Waals surface area contributed by atoms with Crippen molar-refractivity contribution >= 4 is 49.6 Å². The predicted octanol–water partition coefficient (Wildman–Crippen LogP) is 4.97. The van der Waals surface area contributed by atoms with E-state index in [2.05, 4.69) is 15.9 Å². The molecule has 0 fully saturated rings. The number of hydrogen-bond acceptors (Lipinski definition) is 5. The zero-order chi connectivity index (χ0) is 19.7. The van der Waals surface area contributed by atoms with Crippen LogP contribution in [0.3, 0.4) is 0 Å². The van der Waals surface area contributed by atoms with Gasteiger partial charge in [-0.25, -0.2) is 9.78 Å². The van der Waals surface area contributed by atoms with Crippen molar-refractivity contribution in [1.82, 2.24) is 9.55 Å². The van der Waals surface area contributed by atoms with Gasteiger partial charge < -0.3 is 4.42 Å². The Kier molecular flexibility index (Phi) is 5.37. The fraction of sp³-hybridized carbons (Fsp3) is 0.190. The third kappa shape index (κ3) is 3.64. The highest BCUT2D eigenvalue weighted by Crippen LogP contribution is 2.27. The van der Waals surface area contributed by atoms with Crippen molar-refractivity contribution < 1.29 is 4.42 Å². The third-order valence-electron chi connectivity index (χ3n) is 4.42. The van der Waals surface area contributed by atoms with Crippen LogP contribution in [0.2, 0.25) is 0 Å². The molecule has 2 heterocycles. The molecule has 2 aromatic carbocycles. The van der Waals surface area contributed by atoms with Gasteiger partial charge in [-0.3, -0.25) is 9.36 Å². The molecule has 0 aliphatic rings. The van der Waals surface area contributed by atoms with E-state index < -0.39 is 5.63 Å². The highest BCUT2D eigenvalue weighted by molar-refractivity contribution is 9.10. The summed E-state index contributed by atoms with van der Waals surface area (Å²) in [6.07, 6.45) is 0.833. The highest BCUT2D eigenvalue weighted by Gasteiger charge is 2.13. The van der Waals surface area contributed by atoms with E-state index >= 15 is 0 Å². The standard InChI is InChI=1S/C21H17BrN2O3S/c1-2-9-24-20(26)16-5-3-4-6-17(16)23-21(24)28-12-13-10-19(25)27-18-11-14(22)7-8-15(13)18/h3-8,10-11H,2,9,12H2,1H3. The number of para-hydroxylation sites is 1. The van der Waals surface area contributed by atoms with Gasteiger partial charge in [0, 0.05) is 28.2 Å². The lowest BCUT2D eigenvalue weighted by Gasteiger charge is -2.12. The second kappa shape index (κ2) is 7.93. The minimum absolute atomic E-state index is 0.0312. The molecule has 0 bridgehead atoms. The van der Waals surface area contributed by atoms with Gasteiger partial charge in [-0.2, -0.15) is 0 Å². The molecule has 0 saturated carbocycles. The maximum absolute atomic E-state index is 12.9. The lowest BCUT2D eigenvalue weighted by molar-refractivity contribution is 0.559. The van der Waals surface area contributed by atoms with E-state index in [0.29, 0.717) is 33.9 Å². The van der Waals surface area contributed by atoms with E-state index in [9.17, 15) is 9.59 Å². The van der Waals surface area contributed by atoms with Crippen molar-refractivity contribution in [2.45, 2.75) is 30.8 Å². The Bertz CT molecular complexity index is 1300. The van der Waals surface area contributed by atoms with E-state index in [4.69, 9.17) is 9.40 Å². The monoisotopic (exact) mass is 456 g/mol. The maximum atomic E-state index is 12.9. The minimum atomic E-state index is -0.390. The van der Waals surface area contributed by atoms with Crippen LogP contribution in [0, 0.1) is 0 Å². The molecule has 0 spiro atoms. The van der Waals surface area contributed by atoms with Gasteiger partial charge in [0.15, 0.2) is 5.16 Å². The van der Waals surface area contributed by atoms with Gasteiger partial charge in [0.1, 0.15) is 5.58 Å². The average Bonchev–Trinajstić information content (AvgIpc) is 2.68. The largest absolute Gasteiger partial charge is 0.423 e. The summed E-state index contributed by atoms with van der Waals surface area (Å²) in [5, 5.41) is 2.15. The number of benzene rings is 2. The molecule has 0 amide bonds. The Morgan fingerprint density at radius 3 is 2.75 bits per heavy atom. The van der Waals surface area contributed by atoms with Crippen LogP contribution < -0.4 is 11.2 Å². The summed E-state index contributed by atoms with van der Waals surface area (Å²) >= 11 is 4.86. The molecule has 28 heavy (non-hydrogen) atoms. The number of hydrogen-bond donors (Lipinski definition) is 0. The second-order valence-electron chi connectivity index (χ2n) is 6.39. The Balaban J connectivity index is 1.77. The lowest BCUT2D eigenvalue weighted by Crippen LogP contribution is -2.23. The first-order chi connectivity index (χ1) is 13.6. The van der Waals surface area contributed by atoms with Gasteiger partial charge in [-0.1, -0.05) is 46.7 Å². The Hall–Kier alpha value is -2.38. The first-order valence-corrected chi connectivity index (χ1v) is 10.7. The molecule has 5 nitrogen and oxygen atoms in total. The highest BCUT2D eigenvalue weighted by atomic mass is 79.9. The van der Waals surface area contributed by atoms with Crippen molar-refractivity contribution in [1.29, 1.82) is 0 Å². The molecule has 4 rings (SSSR count). The summed E-state index contributed by atoms with van der Waals surface area (Å²) in [6, 6.07) is 14.5. The van der Waals surface area contributed by atoms with Gasteiger partial charge >= 0.3 is 5.63 Å². The summed E-state index contributed by atoms with van der Waals surface area (Å²) in [6.45, 7) is 2.63. The van der Waals surface area contributed by atoms with Crippen LogP contribution in [0.15, 0.2) is 72.2 Å². The van der Waals surface area contributed by atoms with E-state index in [0.717, 1.165) is 21.8 Å². The Labute approximate surface area is 173 Å². The lowest BCUT2D eigenvalue weighted by atomic mass is 10.1. The minimum Gasteiger partial charge on any atom is -0.423 e. The summed E-state index contributed by atoms with van der Waals surface area (Å²) in [7, 11) is 0. The number of fused-ring (bicyclic) bond motifs is 2. The van der Waals surface area contributed by atoms with E-state index in [1.165, 1.54) is 17.8 Å². The van der Waals surface area contributed by atoms with Crippen molar-refractivity contribution in [3.63, 3.8) is 0 Å². The topological polar surface area (TPSA) is 65.1 Å². The fourth-order valence-corrected chi connectivity index (χ4v) is 4.50. The smallest absolute Gasteiger partial charge is 0.336 e. The van der Waals surface area contributed by atoms with Gasteiger partial charge in [-0.15, -0.1) is 0 Å².